The first kappa shape index (κ1) is 20.2. The van der Waals surface area contributed by atoms with Crippen molar-refractivity contribution in [1.29, 1.82) is 0 Å². The Morgan fingerprint density at radius 2 is 1.75 bits per heavy atom. The van der Waals surface area contributed by atoms with Crippen molar-refractivity contribution in [1.82, 2.24) is 9.88 Å². The van der Waals surface area contributed by atoms with Crippen molar-refractivity contribution in [3.8, 4) is 0 Å². The Hall–Kier alpha value is -2.49. The second-order valence-electron chi connectivity index (χ2n) is 6.98. The summed E-state index contributed by atoms with van der Waals surface area (Å²) in [5, 5.41) is 8.11. The van der Waals surface area contributed by atoms with Crippen LogP contribution in [-0.2, 0) is 14.8 Å². The molecule has 0 atom stereocenters. The standard InChI is InChI=1S/C19H25N5O3S/c1-14-4-3-5-15(2)19(14)22-18(25)13-23-8-10-24(11-9-23)17-7-6-16(12-21-17)28(20,26)27/h3-7,12H,8-11,13H2,1-2H3,(H,22,25)(H2,20,26,27). The van der Waals surface area contributed by atoms with Gasteiger partial charge in [0.2, 0.25) is 15.9 Å². The Labute approximate surface area is 165 Å². The van der Waals surface area contributed by atoms with Gasteiger partial charge in [0.15, 0.2) is 0 Å². The van der Waals surface area contributed by atoms with E-state index in [1.807, 2.05) is 32.0 Å². The highest BCUT2D eigenvalue weighted by Crippen LogP contribution is 2.20. The van der Waals surface area contributed by atoms with Gasteiger partial charge in [0.1, 0.15) is 10.7 Å². The lowest BCUT2D eigenvalue weighted by atomic mass is 10.1. The van der Waals surface area contributed by atoms with E-state index in [1.165, 1.54) is 12.3 Å². The van der Waals surface area contributed by atoms with Crippen LogP contribution in [0.15, 0.2) is 41.4 Å². The number of pyridine rings is 1. The van der Waals surface area contributed by atoms with E-state index in [0.717, 1.165) is 29.9 Å². The van der Waals surface area contributed by atoms with Gasteiger partial charge < -0.3 is 10.2 Å². The molecule has 3 rings (SSSR count). The van der Waals surface area contributed by atoms with Crippen molar-refractivity contribution in [3.05, 3.63) is 47.7 Å². The lowest BCUT2D eigenvalue weighted by Gasteiger charge is -2.35. The number of amides is 1. The van der Waals surface area contributed by atoms with Crippen molar-refractivity contribution in [2.45, 2.75) is 18.7 Å². The molecular weight excluding hydrogens is 378 g/mol. The second-order valence-corrected chi connectivity index (χ2v) is 8.54. The van der Waals surface area contributed by atoms with Crippen LogP contribution in [0.1, 0.15) is 11.1 Å². The highest BCUT2D eigenvalue weighted by atomic mass is 32.2. The molecule has 0 unspecified atom stereocenters. The van der Waals surface area contributed by atoms with Gasteiger partial charge in [0.05, 0.1) is 6.54 Å². The van der Waals surface area contributed by atoms with Gasteiger partial charge in [-0.2, -0.15) is 0 Å². The molecule has 1 aliphatic heterocycles. The van der Waals surface area contributed by atoms with Gasteiger partial charge in [-0.1, -0.05) is 18.2 Å². The molecule has 0 bridgehead atoms. The topological polar surface area (TPSA) is 109 Å². The fourth-order valence-electron chi connectivity index (χ4n) is 3.26. The van der Waals surface area contributed by atoms with Crippen molar-refractivity contribution in [3.63, 3.8) is 0 Å². The zero-order chi connectivity index (χ0) is 20.3. The second kappa shape index (κ2) is 8.26. The summed E-state index contributed by atoms with van der Waals surface area (Å²) in [5.74, 6) is 0.675. The first-order valence-electron chi connectivity index (χ1n) is 9.06. The van der Waals surface area contributed by atoms with Crippen LogP contribution in [0.4, 0.5) is 11.5 Å². The summed E-state index contributed by atoms with van der Waals surface area (Å²) in [5.41, 5.74) is 2.98. The number of benzene rings is 1. The van der Waals surface area contributed by atoms with E-state index in [4.69, 9.17) is 5.14 Å². The van der Waals surface area contributed by atoms with Crippen molar-refractivity contribution < 1.29 is 13.2 Å². The molecule has 9 heteroatoms. The van der Waals surface area contributed by atoms with Gasteiger partial charge >= 0.3 is 0 Å². The Morgan fingerprint density at radius 3 is 2.29 bits per heavy atom. The maximum Gasteiger partial charge on any atom is 0.239 e. The molecule has 2 heterocycles. The SMILES string of the molecule is Cc1cccc(C)c1NC(=O)CN1CCN(c2ccc(S(N)(=O)=O)cn2)CC1. The molecule has 2 aromatic rings. The zero-order valence-corrected chi connectivity index (χ0v) is 16.9. The van der Waals surface area contributed by atoms with Gasteiger partial charge in [-0.3, -0.25) is 9.69 Å². The van der Waals surface area contributed by atoms with E-state index in [1.54, 1.807) is 6.07 Å². The molecule has 150 valence electrons. The minimum atomic E-state index is -3.74. The fraction of sp³-hybridized carbons (Fsp3) is 0.368. The number of carbonyl (C=O) groups is 1. The molecule has 0 spiro atoms. The van der Waals surface area contributed by atoms with Crippen LogP contribution >= 0.6 is 0 Å². The zero-order valence-electron chi connectivity index (χ0n) is 16.1. The summed E-state index contributed by atoms with van der Waals surface area (Å²) >= 11 is 0. The van der Waals surface area contributed by atoms with Crippen LogP contribution in [0.3, 0.4) is 0 Å². The van der Waals surface area contributed by atoms with Crippen molar-refractivity contribution in [2.75, 3.05) is 42.9 Å². The minimum Gasteiger partial charge on any atom is -0.354 e. The molecule has 1 saturated heterocycles. The predicted octanol–water partition coefficient (Wildman–Crippen LogP) is 1.11. The molecule has 0 saturated carbocycles. The Kier molecular flexibility index (Phi) is 5.97. The lowest BCUT2D eigenvalue weighted by molar-refractivity contribution is -0.117. The molecule has 3 N–H and O–H groups in total. The number of sulfonamides is 1. The van der Waals surface area contributed by atoms with Crippen LogP contribution < -0.4 is 15.4 Å². The number of para-hydroxylation sites is 1. The highest BCUT2D eigenvalue weighted by Gasteiger charge is 2.21. The average molecular weight is 404 g/mol. The van der Waals surface area contributed by atoms with E-state index in [9.17, 15) is 13.2 Å². The summed E-state index contributed by atoms with van der Waals surface area (Å²) in [4.78, 5) is 20.8. The first-order chi connectivity index (χ1) is 13.2. The Morgan fingerprint density at radius 1 is 1.11 bits per heavy atom. The van der Waals surface area contributed by atoms with E-state index < -0.39 is 10.0 Å². The van der Waals surface area contributed by atoms with Gasteiger partial charge in [-0.15, -0.1) is 0 Å². The largest absolute Gasteiger partial charge is 0.354 e. The number of hydrogen-bond acceptors (Lipinski definition) is 6. The van der Waals surface area contributed by atoms with Crippen molar-refractivity contribution in [2.24, 2.45) is 5.14 Å². The summed E-state index contributed by atoms with van der Waals surface area (Å²) < 4.78 is 22.6. The first-order valence-corrected chi connectivity index (χ1v) is 10.6. The molecule has 28 heavy (non-hydrogen) atoms. The van der Waals surface area contributed by atoms with Crippen LogP contribution in [0.5, 0.6) is 0 Å². The monoisotopic (exact) mass is 403 g/mol. The summed E-state index contributed by atoms with van der Waals surface area (Å²) in [7, 11) is -3.74. The molecule has 1 aromatic carbocycles. The molecule has 1 amide bonds. The summed E-state index contributed by atoms with van der Waals surface area (Å²) in [6.45, 7) is 7.15. The van der Waals surface area contributed by atoms with Crippen LogP contribution in [0.25, 0.3) is 0 Å². The number of anilines is 2. The smallest absolute Gasteiger partial charge is 0.239 e. The third-order valence-corrected chi connectivity index (χ3v) is 5.76. The molecular formula is C19H25N5O3S. The highest BCUT2D eigenvalue weighted by molar-refractivity contribution is 7.89. The number of carbonyl (C=O) groups excluding carboxylic acids is 1. The van der Waals surface area contributed by atoms with E-state index in [0.29, 0.717) is 25.5 Å². The maximum absolute atomic E-state index is 12.4. The number of hydrogen-bond donors (Lipinski definition) is 2. The third-order valence-electron chi connectivity index (χ3n) is 4.86. The number of nitrogens with zero attached hydrogens (tertiary/aromatic N) is 3. The quantitative estimate of drug-likeness (QED) is 0.774. The molecule has 1 aromatic heterocycles. The Bertz CT molecular complexity index is 932. The fourth-order valence-corrected chi connectivity index (χ4v) is 3.71. The van der Waals surface area contributed by atoms with E-state index in [2.05, 4.69) is 20.1 Å². The van der Waals surface area contributed by atoms with E-state index >= 15 is 0 Å². The van der Waals surface area contributed by atoms with Crippen molar-refractivity contribution >= 4 is 27.4 Å². The number of nitrogens with two attached hydrogens (primary N) is 1. The summed E-state index contributed by atoms with van der Waals surface area (Å²) in [6.07, 6.45) is 1.27. The van der Waals surface area contributed by atoms with Gasteiger partial charge in [0.25, 0.3) is 0 Å². The number of rotatable bonds is 5. The van der Waals surface area contributed by atoms with Gasteiger partial charge in [0, 0.05) is 38.1 Å². The molecule has 8 nitrogen and oxygen atoms in total. The number of primary sulfonamides is 1. The lowest BCUT2D eigenvalue weighted by Crippen LogP contribution is -2.49. The number of aromatic nitrogens is 1. The van der Waals surface area contributed by atoms with Gasteiger partial charge in [-0.25, -0.2) is 18.5 Å². The normalized spacial score (nSPS) is 15.5. The average Bonchev–Trinajstić information content (AvgIpc) is 2.65. The van der Waals surface area contributed by atoms with Crippen LogP contribution in [-0.4, -0.2) is 56.9 Å². The number of aryl methyl sites for hydroxylation is 2. The molecule has 1 aliphatic rings. The molecule has 0 aliphatic carbocycles. The molecule has 0 radical (unpaired) electrons. The van der Waals surface area contributed by atoms with Crippen LogP contribution in [0.2, 0.25) is 0 Å². The number of piperazine rings is 1. The third kappa shape index (κ3) is 4.86. The van der Waals surface area contributed by atoms with Crippen LogP contribution in [0, 0.1) is 13.8 Å². The number of nitrogens with one attached hydrogen (secondary N) is 1. The Balaban J connectivity index is 1.53. The minimum absolute atomic E-state index is 0.00180. The molecule has 1 fully saturated rings. The predicted molar refractivity (Wildman–Crippen MR) is 109 cm³/mol. The summed E-state index contributed by atoms with van der Waals surface area (Å²) in [6, 6.07) is 9.05. The van der Waals surface area contributed by atoms with E-state index in [-0.39, 0.29) is 10.8 Å². The van der Waals surface area contributed by atoms with Gasteiger partial charge in [-0.05, 0) is 37.1 Å². The maximum atomic E-state index is 12.4.